The van der Waals surface area contributed by atoms with Crippen LogP contribution in [0.1, 0.15) is 17.5 Å². The van der Waals surface area contributed by atoms with Crippen LogP contribution >= 0.6 is 0 Å². The lowest BCUT2D eigenvalue weighted by Gasteiger charge is -2.19. The Labute approximate surface area is 158 Å². The van der Waals surface area contributed by atoms with Crippen molar-refractivity contribution in [3.63, 3.8) is 0 Å². The molecule has 27 heavy (non-hydrogen) atoms. The van der Waals surface area contributed by atoms with E-state index >= 15 is 0 Å². The van der Waals surface area contributed by atoms with Gasteiger partial charge in [-0.2, -0.15) is 0 Å². The maximum Gasteiger partial charge on any atom is 0.229 e. The Morgan fingerprint density at radius 3 is 2.63 bits per heavy atom. The fourth-order valence-electron chi connectivity index (χ4n) is 3.75. The van der Waals surface area contributed by atoms with Crippen molar-refractivity contribution in [2.24, 2.45) is 5.92 Å². The van der Waals surface area contributed by atoms with Crippen molar-refractivity contribution in [2.75, 3.05) is 16.8 Å². The van der Waals surface area contributed by atoms with Gasteiger partial charge in [0.05, 0.1) is 11.6 Å². The second kappa shape index (κ2) is 6.88. The summed E-state index contributed by atoms with van der Waals surface area (Å²) in [5.41, 5.74) is 3.86. The van der Waals surface area contributed by atoms with Gasteiger partial charge in [0.15, 0.2) is 0 Å². The summed E-state index contributed by atoms with van der Waals surface area (Å²) in [5.74, 6) is -0.456. The predicted molar refractivity (Wildman–Crippen MR) is 109 cm³/mol. The molecule has 1 fully saturated rings. The number of fused-ring (bicyclic) bond motifs is 1. The summed E-state index contributed by atoms with van der Waals surface area (Å²) in [6, 6.07) is 19.9. The number of amides is 2. The van der Waals surface area contributed by atoms with Crippen LogP contribution < -0.4 is 10.2 Å². The van der Waals surface area contributed by atoms with Crippen LogP contribution in [0, 0.1) is 19.8 Å². The maximum atomic E-state index is 12.7. The van der Waals surface area contributed by atoms with Crippen molar-refractivity contribution in [3.8, 4) is 0 Å². The van der Waals surface area contributed by atoms with E-state index in [1.807, 2.05) is 74.5 Å². The number of anilines is 2. The van der Waals surface area contributed by atoms with Crippen LogP contribution in [-0.4, -0.2) is 18.4 Å². The molecule has 1 atom stereocenters. The molecule has 3 aromatic carbocycles. The van der Waals surface area contributed by atoms with Crippen molar-refractivity contribution in [2.45, 2.75) is 20.3 Å². The normalized spacial score (nSPS) is 16.7. The predicted octanol–water partition coefficient (Wildman–Crippen LogP) is 4.45. The molecule has 2 amide bonds. The zero-order chi connectivity index (χ0) is 19.0. The van der Waals surface area contributed by atoms with Crippen LogP contribution in [0.3, 0.4) is 0 Å². The molecule has 0 spiro atoms. The molecule has 4 nitrogen and oxygen atoms in total. The van der Waals surface area contributed by atoms with E-state index in [1.165, 1.54) is 0 Å². The molecule has 0 aliphatic carbocycles. The largest absolute Gasteiger partial charge is 0.326 e. The van der Waals surface area contributed by atoms with E-state index in [-0.39, 0.29) is 24.2 Å². The third-order valence-corrected chi connectivity index (χ3v) is 5.19. The number of nitrogens with zero attached hydrogens (tertiary/aromatic N) is 1. The number of hydrogen-bond donors (Lipinski definition) is 1. The lowest BCUT2D eigenvalue weighted by Crippen LogP contribution is -2.28. The summed E-state index contributed by atoms with van der Waals surface area (Å²) in [7, 11) is 0. The molecule has 4 heteroatoms. The van der Waals surface area contributed by atoms with Gasteiger partial charge < -0.3 is 10.2 Å². The molecule has 0 aromatic heterocycles. The molecule has 4 rings (SSSR count). The van der Waals surface area contributed by atoms with Crippen molar-refractivity contribution in [3.05, 3.63) is 71.8 Å². The van der Waals surface area contributed by atoms with Crippen molar-refractivity contribution < 1.29 is 9.59 Å². The fraction of sp³-hybridized carbons (Fsp3) is 0.217. The van der Waals surface area contributed by atoms with Crippen LogP contribution in [0.2, 0.25) is 0 Å². The molecule has 136 valence electrons. The first-order chi connectivity index (χ1) is 13.0. The van der Waals surface area contributed by atoms with Gasteiger partial charge in [-0.1, -0.05) is 54.1 Å². The molecule has 1 aliphatic heterocycles. The highest BCUT2D eigenvalue weighted by Crippen LogP contribution is 2.32. The summed E-state index contributed by atoms with van der Waals surface area (Å²) in [5, 5.41) is 5.11. The topological polar surface area (TPSA) is 49.4 Å². The summed E-state index contributed by atoms with van der Waals surface area (Å²) in [6.07, 6.45) is 0.236. The SMILES string of the molecule is Cc1ccc(NC(=O)[C@H]2CC(=O)N(c3cccc4ccccc34)C2)c(C)c1. The smallest absolute Gasteiger partial charge is 0.229 e. The van der Waals surface area contributed by atoms with Gasteiger partial charge in [0, 0.05) is 24.0 Å². The average Bonchev–Trinajstić information content (AvgIpc) is 3.05. The molecule has 0 saturated carbocycles. The monoisotopic (exact) mass is 358 g/mol. The van der Waals surface area contributed by atoms with Crippen molar-refractivity contribution in [1.29, 1.82) is 0 Å². The third-order valence-electron chi connectivity index (χ3n) is 5.19. The quantitative estimate of drug-likeness (QED) is 0.752. The van der Waals surface area contributed by atoms with E-state index in [0.29, 0.717) is 6.54 Å². The van der Waals surface area contributed by atoms with E-state index in [9.17, 15) is 9.59 Å². The van der Waals surface area contributed by atoms with Gasteiger partial charge in [-0.15, -0.1) is 0 Å². The molecule has 1 heterocycles. The Hall–Kier alpha value is -3.14. The minimum Gasteiger partial charge on any atom is -0.326 e. The molecule has 1 aliphatic rings. The second-order valence-corrected chi connectivity index (χ2v) is 7.21. The molecule has 1 N–H and O–H groups in total. The van der Waals surface area contributed by atoms with Gasteiger partial charge >= 0.3 is 0 Å². The summed E-state index contributed by atoms with van der Waals surface area (Å²) in [4.78, 5) is 27.1. The van der Waals surface area contributed by atoms with Crippen molar-refractivity contribution in [1.82, 2.24) is 0 Å². The lowest BCUT2D eigenvalue weighted by molar-refractivity contribution is -0.122. The van der Waals surface area contributed by atoms with Gasteiger partial charge in [-0.05, 0) is 36.9 Å². The maximum absolute atomic E-state index is 12.7. The van der Waals surface area contributed by atoms with Crippen LogP contribution in [-0.2, 0) is 9.59 Å². The van der Waals surface area contributed by atoms with Crippen molar-refractivity contribution >= 4 is 34.0 Å². The van der Waals surface area contributed by atoms with E-state index < -0.39 is 0 Å². The number of carbonyl (C=O) groups excluding carboxylic acids is 2. The first-order valence-corrected chi connectivity index (χ1v) is 9.19. The Bertz CT molecular complexity index is 1040. The third kappa shape index (κ3) is 3.31. The number of aryl methyl sites for hydroxylation is 2. The molecule has 3 aromatic rings. The molecule has 1 saturated heterocycles. The van der Waals surface area contributed by atoms with Crippen LogP contribution in [0.4, 0.5) is 11.4 Å². The molecule has 0 unspecified atom stereocenters. The van der Waals surface area contributed by atoms with Crippen LogP contribution in [0.25, 0.3) is 10.8 Å². The summed E-state index contributed by atoms with van der Waals surface area (Å²) >= 11 is 0. The Balaban J connectivity index is 1.56. The fourth-order valence-corrected chi connectivity index (χ4v) is 3.75. The number of carbonyl (C=O) groups is 2. The summed E-state index contributed by atoms with van der Waals surface area (Å²) < 4.78 is 0. The zero-order valence-electron chi connectivity index (χ0n) is 15.5. The highest BCUT2D eigenvalue weighted by atomic mass is 16.2. The highest BCUT2D eigenvalue weighted by Gasteiger charge is 2.35. The highest BCUT2D eigenvalue weighted by molar-refractivity contribution is 6.08. The standard InChI is InChI=1S/C23H22N2O2/c1-15-10-11-20(16(2)12-15)24-23(27)18-13-22(26)25(14-18)21-9-5-7-17-6-3-4-8-19(17)21/h3-12,18H,13-14H2,1-2H3,(H,24,27)/t18-/m0/s1. The number of nitrogens with one attached hydrogen (secondary N) is 1. The number of benzene rings is 3. The first-order valence-electron chi connectivity index (χ1n) is 9.19. The Morgan fingerprint density at radius 1 is 1.04 bits per heavy atom. The minimum atomic E-state index is -0.350. The molecular weight excluding hydrogens is 336 g/mol. The van der Waals surface area contributed by atoms with Gasteiger partial charge in [-0.25, -0.2) is 0 Å². The van der Waals surface area contributed by atoms with E-state index in [1.54, 1.807) is 4.90 Å². The van der Waals surface area contributed by atoms with E-state index in [2.05, 4.69) is 5.32 Å². The van der Waals surface area contributed by atoms with Gasteiger partial charge in [0.1, 0.15) is 0 Å². The van der Waals surface area contributed by atoms with E-state index in [0.717, 1.165) is 33.3 Å². The average molecular weight is 358 g/mol. The first kappa shape index (κ1) is 17.3. The minimum absolute atomic E-state index is 0.00729. The Morgan fingerprint density at radius 2 is 1.81 bits per heavy atom. The van der Waals surface area contributed by atoms with Crippen LogP contribution in [0.5, 0.6) is 0 Å². The second-order valence-electron chi connectivity index (χ2n) is 7.21. The molecule has 0 bridgehead atoms. The Kier molecular flexibility index (Phi) is 4.40. The van der Waals surface area contributed by atoms with E-state index in [4.69, 9.17) is 0 Å². The zero-order valence-corrected chi connectivity index (χ0v) is 15.5. The van der Waals surface area contributed by atoms with Gasteiger partial charge in [-0.3, -0.25) is 9.59 Å². The molecular formula is C23H22N2O2. The molecule has 0 radical (unpaired) electrons. The summed E-state index contributed by atoms with van der Waals surface area (Å²) in [6.45, 7) is 4.41. The number of hydrogen-bond acceptors (Lipinski definition) is 2. The van der Waals surface area contributed by atoms with Gasteiger partial charge in [0.25, 0.3) is 0 Å². The van der Waals surface area contributed by atoms with Crippen LogP contribution in [0.15, 0.2) is 60.7 Å². The lowest BCUT2D eigenvalue weighted by atomic mass is 10.1. The number of rotatable bonds is 3. The van der Waals surface area contributed by atoms with Gasteiger partial charge in [0.2, 0.25) is 11.8 Å².